The Bertz CT molecular complexity index is 399. The first-order chi connectivity index (χ1) is 8.63. The van der Waals surface area contributed by atoms with Gasteiger partial charge < -0.3 is 15.4 Å². The van der Waals surface area contributed by atoms with E-state index in [2.05, 4.69) is 10.6 Å². The minimum absolute atomic E-state index is 0.194. The summed E-state index contributed by atoms with van der Waals surface area (Å²) >= 11 is 5.10. The zero-order valence-corrected chi connectivity index (χ0v) is 11.6. The van der Waals surface area contributed by atoms with Gasteiger partial charge in [0, 0.05) is 20.2 Å². The third kappa shape index (κ3) is 5.42. The van der Waals surface area contributed by atoms with Crippen LogP contribution in [0, 0.1) is 12.7 Å². The Morgan fingerprint density at radius 3 is 2.72 bits per heavy atom. The van der Waals surface area contributed by atoms with E-state index in [0.717, 1.165) is 24.1 Å². The summed E-state index contributed by atoms with van der Waals surface area (Å²) in [6.07, 6.45) is 0.818. The van der Waals surface area contributed by atoms with E-state index in [9.17, 15) is 4.39 Å². The smallest absolute Gasteiger partial charge is 0.166 e. The molecule has 1 aromatic rings. The molecule has 18 heavy (non-hydrogen) atoms. The lowest BCUT2D eigenvalue weighted by molar-refractivity contribution is 0.204. The Hall–Kier alpha value is -1.20. The van der Waals surface area contributed by atoms with Crippen LogP contribution in [0.3, 0.4) is 0 Å². The van der Waals surface area contributed by atoms with Gasteiger partial charge in [0.1, 0.15) is 5.82 Å². The van der Waals surface area contributed by atoms with E-state index in [-0.39, 0.29) is 5.82 Å². The van der Waals surface area contributed by atoms with Crippen LogP contribution in [-0.2, 0) is 11.2 Å². The van der Waals surface area contributed by atoms with Crippen LogP contribution in [0.4, 0.5) is 4.39 Å². The van der Waals surface area contributed by atoms with Gasteiger partial charge in [0.05, 0.1) is 6.61 Å². The minimum Gasteiger partial charge on any atom is -0.383 e. The molecule has 0 unspecified atom stereocenters. The second-order valence-electron chi connectivity index (χ2n) is 4.00. The second kappa shape index (κ2) is 8.00. The van der Waals surface area contributed by atoms with Gasteiger partial charge in [0.2, 0.25) is 0 Å². The summed E-state index contributed by atoms with van der Waals surface area (Å²) in [5.41, 5.74) is 2.10. The van der Waals surface area contributed by atoms with Gasteiger partial charge in [-0.3, -0.25) is 0 Å². The highest BCUT2D eigenvalue weighted by Crippen LogP contribution is 2.10. The van der Waals surface area contributed by atoms with E-state index < -0.39 is 0 Å². The van der Waals surface area contributed by atoms with Gasteiger partial charge in [0.15, 0.2) is 5.11 Å². The molecule has 3 nitrogen and oxygen atoms in total. The van der Waals surface area contributed by atoms with Crippen LogP contribution in [0.2, 0.25) is 0 Å². The topological polar surface area (TPSA) is 33.3 Å². The fourth-order valence-electron chi connectivity index (χ4n) is 1.58. The number of benzene rings is 1. The van der Waals surface area contributed by atoms with E-state index in [1.165, 1.54) is 6.07 Å². The largest absolute Gasteiger partial charge is 0.383 e. The van der Waals surface area contributed by atoms with Crippen LogP contribution in [0.15, 0.2) is 18.2 Å². The van der Waals surface area contributed by atoms with Crippen molar-refractivity contribution in [1.29, 1.82) is 0 Å². The molecule has 0 spiro atoms. The summed E-state index contributed by atoms with van der Waals surface area (Å²) in [6, 6.07) is 4.84. The Kier molecular flexibility index (Phi) is 6.60. The number of hydrogen-bond acceptors (Lipinski definition) is 2. The lowest BCUT2D eigenvalue weighted by atomic mass is 10.1. The van der Waals surface area contributed by atoms with Gasteiger partial charge in [-0.25, -0.2) is 4.39 Å². The first-order valence-corrected chi connectivity index (χ1v) is 6.30. The highest BCUT2D eigenvalue weighted by Gasteiger charge is 2.00. The number of halogens is 1. The molecule has 5 heteroatoms. The van der Waals surface area contributed by atoms with Crippen molar-refractivity contribution in [2.45, 2.75) is 13.3 Å². The van der Waals surface area contributed by atoms with Gasteiger partial charge in [-0.05, 0) is 48.8 Å². The Morgan fingerprint density at radius 1 is 1.33 bits per heavy atom. The molecule has 1 rings (SSSR count). The number of rotatable bonds is 6. The second-order valence-corrected chi connectivity index (χ2v) is 4.40. The van der Waals surface area contributed by atoms with Gasteiger partial charge >= 0.3 is 0 Å². The number of nitrogens with one attached hydrogen (secondary N) is 2. The van der Waals surface area contributed by atoms with Crippen LogP contribution in [0.1, 0.15) is 11.1 Å². The van der Waals surface area contributed by atoms with Crippen LogP contribution in [0.25, 0.3) is 0 Å². The average molecular weight is 270 g/mol. The fourth-order valence-corrected chi connectivity index (χ4v) is 1.78. The molecule has 100 valence electrons. The quantitative estimate of drug-likeness (QED) is 0.610. The first-order valence-electron chi connectivity index (χ1n) is 5.89. The number of methoxy groups -OCH3 is 1. The zero-order chi connectivity index (χ0) is 13.4. The van der Waals surface area contributed by atoms with Gasteiger partial charge in [0.25, 0.3) is 0 Å². The summed E-state index contributed by atoms with van der Waals surface area (Å²) in [7, 11) is 1.65. The predicted octanol–water partition coefficient (Wildman–Crippen LogP) is 1.79. The van der Waals surface area contributed by atoms with Crippen molar-refractivity contribution in [3.05, 3.63) is 35.1 Å². The average Bonchev–Trinajstić information content (AvgIpc) is 2.32. The fraction of sp³-hybridized carbons (Fsp3) is 0.462. The van der Waals surface area contributed by atoms with Crippen molar-refractivity contribution < 1.29 is 9.13 Å². The normalized spacial score (nSPS) is 10.2. The van der Waals surface area contributed by atoms with Gasteiger partial charge in [-0.2, -0.15) is 0 Å². The van der Waals surface area contributed by atoms with E-state index in [1.54, 1.807) is 13.2 Å². The summed E-state index contributed by atoms with van der Waals surface area (Å²) in [6.45, 7) is 3.95. The number of ether oxygens (including phenoxy) is 1. The van der Waals surface area contributed by atoms with Crippen molar-refractivity contribution in [3.8, 4) is 0 Å². The van der Waals surface area contributed by atoms with Crippen molar-refractivity contribution in [2.24, 2.45) is 0 Å². The summed E-state index contributed by atoms with van der Waals surface area (Å²) in [4.78, 5) is 0. The van der Waals surface area contributed by atoms with E-state index in [1.807, 2.05) is 13.0 Å². The molecule has 1 aromatic carbocycles. The standard InChI is InChI=1S/C13H19FN2OS/c1-10-9-12(14)4-3-11(10)5-6-15-13(18)16-7-8-17-2/h3-4,9H,5-8H2,1-2H3,(H2,15,16,18). The molecule has 0 aliphatic carbocycles. The number of aryl methyl sites for hydroxylation is 1. The molecule has 0 fully saturated rings. The third-order valence-corrected chi connectivity index (χ3v) is 2.86. The molecule has 0 atom stereocenters. The number of hydrogen-bond donors (Lipinski definition) is 2. The van der Waals surface area contributed by atoms with E-state index >= 15 is 0 Å². The van der Waals surface area contributed by atoms with Crippen molar-refractivity contribution in [1.82, 2.24) is 10.6 Å². The molecule has 0 amide bonds. The predicted molar refractivity (Wildman–Crippen MR) is 75.3 cm³/mol. The molecule has 0 saturated carbocycles. The van der Waals surface area contributed by atoms with Gasteiger partial charge in [-0.1, -0.05) is 6.07 Å². The van der Waals surface area contributed by atoms with Crippen molar-refractivity contribution in [2.75, 3.05) is 26.8 Å². The maximum Gasteiger partial charge on any atom is 0.166 e. The van der Waals surface area contributed by atoms with E-state index in [0.29, 0.717) is 18.3 Å². The first kappa shape index (κ1) is 14.9. The molecule has 0 radical (unpaired) electrons. The molecular weight excluding hydrogens is 251 g/mol. The molecule has 0 bridgehead atoms. The molecule has 2 N–H and O–H groups in total. The van der Waals surface area contributed by atoms with E-state index in [4.69, 9.17) is 17.0 Å². The molecule has 0 aromatic heterocycles. The zero-order valence-electron chi connectivity index (χ0n) is 10.8. The maximum absolute atomic E-state index is 12.9. The lowest BCUT2D eigenvalue weighted by Crippen LogP contribution is -2.37. The summed E-state index contributed by atoms with van der Waals surface area (Å²) < 4.78 is 17.8. The van der Waals surface area contributed by atoms with Crippen LogP contribution in [-0.4, -0.2) is 31.9 Å². The molecule has 0 aliphatic heterocycles. The van der Waals surface area contributed by atoms with Crippen LogP contribution < -0.4 is 10.6 Å². The summed E-state index contributed by atoms with van der Waals surface area (Å²) in [5.74, 6) is -0.194. The monoisotopic (exact) mass is 270 g/mol. The highest BCUT2D eigenvalue weighted by molar-refractivity contribution is 7.80. The van der Waals surface area contributed by atoms with Crippen molar-refractivity contribution in [3.63, 3.8) is 0 Å². The maximum atomic E-state index is 12.9. The number of thiocarbonyl (C=S) groups is 1. The van der Waals surface area contributed by atoms with Gasteiger partial charge in [-0.15, -0.1) is 0 Å². The van der Waals surface area contributed by atoms with Crippen LogP contribution >= 0.6 is 12.2 Å². The lowest BCUT2D eigenvalue weighted by Gasteiger charge is -2.11. The Balaban J connectivity index is 2.26. The molecular formula is C13H19FN2OS. The van der Waals surface area contributed by atoms with Crippen LogP contribution in [0.5, 0.6) is 0 Å². The molecule has 0 aliphatic rings. The molecule has 0 saturated heterocycles. The summed E-state index contributed by atoms with van der Waals surface area (Å²) in [5, 5.41) is 6.75. The Morgan fingerprint density at radius 2 is 2.06 bits per heavy atom. The highest BCUT2D eigenvalue weighted by atomic mass is 32.1. The Labute approximate surface area is 113 Å². The third-order valence-electron chi connectivity index (χ3n) is 2.58. The SMILES string of the molecule is COCCNC(=S)NCCc1ccc(F)cc1C. The minimum atomic E-state index is -0.194. The van der Waals surface area contributed by atoms with Crippen molar-refractivity contribution >= 4 is 17.3 Å². The molecule has 0 heterocycles.